The van der Waals surface area contributed by atoms with Crippen molar-refractivity contribution in [2.45, 2.75) is 20.4 Å². The fourth-order valence-electron chi connectivity index (χ4n) is 1.68. The molecule has 2 rings (SSSR count). The van der Waals surface area contributed by atoms with Gasteiger partial charge < -0.3 is 11.5 Å². The number of guanidine groups is 1. The van der Waals surface area contributed by atoms with Gasteiger partial charge >= 0.3 is 0 Å². The average Bonchev–Trinajstić information content (AvgIpc) is 2.66. The van der Waals surface area contributed by atoms with E-state index in [0.717, 1.165) is 22.8 Å². The Kier molecular flexibility index (Phi) is 3.27. The second-order valence-electron chi connectivity index (χ2n) is 4.10. The van der Waals surface area contributed by atoms with Gasteiger partial charge in [-0.05, 0) is 31.5 Å². The van der Waals surface area contributed by atoms with Crippen LogP contribution in [0.4, 0.5) is 0 Å². The molecule has 4 N–H and O–H groups in total. The Bertz CT molecular complexity index is 563. The van der Waals surface area contributed by atoms with Crippen LogP contribution in [0.1, 0.15) is 17.0 Å². The normalized spacial score (nSPS) is 10.3. The summed E-state index contributed by atoms with van der Waals surface area (Å²) in [6.07, 6.45) is 1.75. The van der Waals surface area contributed by atoms with Crippen LogP contribution >= 0.6 is 0 Å². The molecule has 0 amide bonds. The van der Waals surface area contributed by atoms with Crippen molar-refractivity contribution < 1.29 is 0 Å². The second kappa shape index (κ2) is 4.87. The molecule has 0 saturated carbocycles. The van der Waals surface area contributed by atoms with Gasteiger partial charge in [0.05, 0.1) is 12.2 Å². The highest BCUT2D eigenvalue weighted by Gasteiger charge is 2.04. The molecule has 2 aromatic rings. The van der Waals surface area contributed by atoms with Crippen molar-refractivity contribution in [2.75, 3.05) is 0 Å². The van der Waals surface area contributed by atoms with E-state index in [4.69, 9.17) is 11.5 Å². The number of aryl methyl sites for hydroxylation is 2. The SMILES string of the molecule is Cc1cc(C)n(-c2ccc(CN=C(N)N)cn2)n1. The third-order valence-corrected chi connectivity index (χ3v) is 2.48. The first kappa shape index (κ1) is 12.1. The number of aromatic nitrogens is 3. The van der Waals surface area contributed by atoms with Crippen molar-refractivity contribution in [3.05, 3.63) is 41.3 Å². The number of nitrogens with two attached hydrogens (primary N) is 2. The van der Waals surface area contributed by atoms with Crippen molar-refractivity contribution in [3.63, 3.8) is 0 Å². The van der Waals surface area contributed by atoms with Crippen LogP contribution < -0.4 is 11.5 Å². The number of nitrogens with zero attached hydrogens (tertiary/aromatic N) is 4. The molecule has 0 aliphatic rings. The minimum atomic E-state index is 0.0811. The lowest BCUT2D eigenvalue weighted by molar-refractivity contribution is 0.803. The van der Waals surface area contributed by atoms with E-state index in [0.29, 0.717) is 6.54 Å². The fourth-order valence-corrected chi connectivity index (χ4v) is 1.68. The molecular weight excluding hydrogens is 228 g/mol. The van der Waals surface area contributed by atoms with Crippen LogP contribution in [-0.2, 0) is 6.54 Å². The number of hydrogen-bond acceptors (Lipinski definition) is 3. The predicted molar refractivity (Wildman–Crippen MR) is 70.3 cm³/mol. The van der Waals surface area contributed by atoms with Crippen LogP contribution in [0, 0.1) is 13.8 Å². The van der Waals surface area contributed by atoms with E-state index in [-0.39, 0.29) is 5.96 Å². The average molecular weight is 244 g/mol. The topological polar surface area (TPSA) is 95.1 Å². The smallest absolute Gasteiger partial charge is 0.186 e. The molecule has 0 unspecified atom stereocenters. The zero-order valence-corrected chi connectivity index (χ0v) is 10.5. The Hall–Kier alpha value is -2.37. The third-order valence-electron chi connectivity index (χ3n) is 2.48. The molecule has 0 bridgehead atoms. The van der Waals surface area contributed by atoms with Gasteiger partial charge in [-0.3, -0.25) is 0 Å². The van der Waals surface area contributed by atoms with E-state index < -0.39 is 0 Å². The first-order valence-electron chi connectivity index (χ1n) is 5.60. The molecule has 0 atom stereocenters. The van der Waals surface area contributed by atoms with Crippen molar-refractivity contribution in [1.82, 2.24) is 14.8 Å². The van der Waals surface area contributed by atoms with E-state index in [1.54, 1.807) is 10.9 Å². The zero-order chi connectivity index (χ0) is 13.1. The van der Waals surface area contributed by atoms with E-state index >= 15 is 0 Å². The van der Waals surface area contributed by atoms with Gasteiger partial charge in [-0.25, -0.2) is 14.7 Å². The largest absolute Gasteiger partial charge is 0.370 e. The standard InChI is InChI=1S/C12H16N6/c1-8-5-9(2)18(17-8)11-4-3-10(6-15-11)7-16-12(13)14/h3-6H,7H2,1-2H3,(H4,13,14,16). The quantitative estimate of drug-likeness (QED) is 0.612. The van der Waals surface area contributed by atoms with Crippen LogP contribution in [-0.4, -0.2) is 20.7 Å². The maximum atomic E-state index is 5.28. The van der Waals surface area contributed by atoms with Gasteiger partial charge in [-0.15, -0.1) is 0 Å². The summed E-state index contributed by atoms with van der Waals surface area (Å²) in [4.78, 5) is 8.28. The summed E-state index contributed by atoms with van der Waals surface area (Å²) in [5, 5.41) is 4.37. The van der Waals surface area contributed by atoms with Gasteiger partial charge in [0, 0.05) is 11.9 Å². The molecule has 6 nitrogen and oxygen atoms in total. The summed E-state index contributed by atoms with van der Waals surface area (Å²) in [6, 6.07) is 5.84. The van der Waals surface area contributed by atoms with Crippen molar-refractivity contribution in [2.24, 2.45) is 16.5 Å². The van der Waals surface area contributed by atoms with E-state index in [1.807, 2.05) is 32.0 Å². The van der Waals surface area contributed by atoms with Gasteiger partial charge in [0.1, 0.15) is 0 Å². The van der Waals surface area contributed by atoms with Gasteiger partial charge in [0.15, 0.2) is 11.8 Å². The number of pyridine rings is 1. The maximum absolute atomic E-state index is 5.28. The summed E-state index contributed by atoms with van der Waals surface area (Å²) >= 11 is 0. The van der Waals surface area contributed by atoms with Gasteiger partial charge in [-0.1, -0.05) is 6.07 Å². The highest BCUT2D eigenvalue weighted by Crippen LogP contribution is 2.10. The Labute approximate surface area is 105 Å². The number of hydrogen-bond donors (Lipinski definition) is 2. The molecule has 0 spiro atoms. The van der Waals surface area contributed by atoms with Gasteiger partial charge in [0.2, 0.25) is 0 Å². The summed E-state index contributed by atoms with van der Waals surface area (Å²) in [6.45, 7) is 4.39. The first-order chi connectivity index (χ1) is 8.56. The van der Waals surface area contributed by atoms with E-state index in [1.165, 1.54) is 0 Å². The molecule has 94 valence electrons. The maximum Gasteiger partial charge on any atom is 0.186 e. The molecule has 18 heavy (non-hydrogen) atoms. The lowest BCUT2D eigenvalue weighted by atomic mass is 10.3. The van der Waals surface area contributed by atoms with Crippen LogP contribution in [0.5, 0.6) is 0 Å². The summed E-state index contributed by atoms with van der Waals surface area (Å²) in [5.74, 6) is 0.867. The van der Waals surface area contributed by atoms with Crippen molar-refractivity contribution in [3.8, 4) is 5.82 Å². The van der Waals surface area contributed by atoms with Gasteiger partial charge in [0.25, 0.3) is 0 Å². The number of rotatable bonds is 3. The van der Waals surface area contributed by atoms with Crippen LogP contribution in [0.2, 0.25) is 0 Å². The molecule has 6 heteroatoms. The minimum absolute atomic E-state index is 0.0811. The molecule has 0 radical (unpaired) electrons. The van der Waals surface area contributed by atoms with Gasteiger partial charge in [-0.2, -0.15) is 5.10 Å². The Morgan fingerprint density at radius 2 is 2.11 bits per heavy atom. The minimum Gasteiger partial charge on any atom is -0.370 e. The molecule has 2 heterocycles. The summed E-state index contributed by atoms with van der Waals surface area (Å²) in [5.41, 5.74) is 13.5. The van der Waals surface area contributed by atoms with Crippen LogP contribution in [0.3, 0.4) is 0 Å². The summed E-state index contributed by atoms with van der Waals surface area (Å²) in [7, 11) is 0. The predicted octanol–water partition coefficient (Wildman–Crippen LogP) is 0.658. The second-order valence-corrected chi connectivity index (χ2v) is 4.10. The highest BCUT2D eigenvalue weighted by molar-refractivity contribution is 5.75. The first-order valence-corrected chi connectivity index (χ1v) is 5.60. The molecule has 0 saturated heterocycles. The Morgan fingerprint density at radius 1 is 1.33 bits per heavy atom. The molecule has 0 aromatic carbocycles. The third kappa shape index (κ3) is 2.65. The Morgan fingerprint density at radius 3 is 2.61 bits per heavy atom. The fraction of sp³-hybridized carbons (Fsp3) is 0.250. The molecule has 0 aliphatic heterocycles. The Balaban J connectivity index is 2.22. The molecule has 0 aliphatic carbocycles. The summed E-state index contributed by atoms with van der Waals surface area (Å²) < 4.78 is 1.81. The molecule has 0 fully saturated rings. The molecular formula is C12H16N6. The number of aliphatic imine (C=N–C) groups is 1. The van der Waals surface area contributed by atoms with Crippen molar-refractivity contribution in [1.29, 1.82) is 0 Å². The van der Waals surface area contributed by atoms with Crippen LogP contribution in [0.15, 0.2) is 29.4 Å². The van der Waals surface area contributed by atoms with E-state index in [2.05, 4.69) is 15.1 Å². The van der Waals surface area contributed by atoms with Crippen molar-refractivity contribution >= 4 is 5.96 Å². The van der Waals surface area contributed by atoms with Crippen LogP contribution in [0.25, 0.3) is 5.82 Å². The lowest BCUT2D eigenvalue weighted by Gasteiger charge is -2.04. The monoisotopic (exact) mass is 244 g/mol. The highest BCUT2D eigenvalue weighted by atomic mass is 15.3. The lowest BCUT2D eigenvalue weighted by Crippen LogP contribution is -2.22. The molecule has 2 aromatic heterocycles. The van der Waals surface area contributed by atoms with E-state index in [9.17, 15) is 0 Å². The zero-order valence-electron chi connectivity index (χ0n) is 10.5.